The van der Waals surface area contributed by atoms with Gasteiger partial charge in [-0.05, 0) is 12.1 Å². The van der Waals surface area contributed by atoms with Crippen LogP contribution >= 0.6 is 0 Å². The van der Waals surface area contributed by atoms with E-state index in [4.69, 9.17) is 10.5 Å². The second kappa shape index (κ2) is 5.39. The summed E-state index contributed by atoms with van der Waals surface area (Å²) in [7, 11) is 0.819. The molecule has 98 valence electrons. The van der Waals surface area contributed by atoms with E-state index in [1.807, 2.05) is 29.7 Å². The smallest absolute Gasteiger partial charge is 0.201 e. The first-order valence-corrected chi connectivity index (χ1v) is 7.29. The van der Waals surface area contributed by atoms with Gasteiger partial charge in [-0.2, -0.15) is 0 Å². The van der Waals surface area contributed by atoms with Crippen molar-refractivity contribution in [2.45, 2.75) is 13.5 Å². The lowest BCUT2D eigenvalue weighted by atomic mass is 10.3. The SMILES string of the molecule is CCS(=O)CCn1c(N)nc2cc(OC)ccc21. The van der Waals surface area contributed by atoms with Crippen molar-refractivity contribution in [2.24, 2.45) is 0 Å². The molecule has 1 aromatic heterocycles. The first-order valence-electron chi connectivity index (χ1n) is 5.80. The van der Waals surface area contributed by atoms with E-state index in [2.05, 4.69) is 4.98 Å². The van der Waals surface area contributed by atoms with E-state index in [1.165, 1.54) is 0 Å². The third kappa shape index (κ3) is 2.48. The fraction of sp³-hybridized carbons (Fsp3) is 0.417. The number of imidazole rings is 1. The van der Waals surface area contributed by atoms with Gasteiger partial charge in [-0.3, -0.25) is 4.21 Å². The molecule has 0 radical (unpaired) electrons. The second-order valence-electron chi connectivity index (χ2n) is 3.91. The number of fused-ring (bicyclic) bond motifs is 1. The molecule has 2 rings (SSSR count). The third-order valence-corrected chi connectivity index (χ3v) is 4.13. The molecule has 0 aliphatic carbocycles. The van der Waals surface area contributed by atoms with Crippen LogP contribution in [-0.4, -0.2) is 32.4 Å². The summed E-state index contributed by atoms with van der Waals surface area (Å²) >= 11 is 0. The summed E-state index contributed by atoms with van der Waals surface area (Å²) in [5.74, 6) is 2.47. The van der Waals surface area contributed by atoms with Crippen molar-refractivity contribution in [3.8, 4) is 5.75 Å². The monoisotopic (exact) mass is 267 g/mol. The van der Waals surface area contributed by atoms with Crippen molar-refractivity contribution in [3.05, 3.63) is 18.2 Å². The maximum absolute atomic E-state index is 11.5. The van der Waals surface area contributed by atoms with Crippen LogP contribution in [-0.2, 0) is 17.3 Å². The Kier molecular flexibility index (Phi) is 3.86. The van der Waals surface area contributed by atoms with E-state index in [-0.39, 0.29) is 0 Å². The van der Waals surface area contributed by atoms with Crippen LogP contribution < -0.4 is 10.5 Å². The maximum Gasteiger partial charge on any atom is 0.201 e. The number of methoxy groups -OCH3 is 1. The van der Waals surface area contributed by atoms with E-state index in [9.17, 15) is 4.21 Å². The molecule has 1 atom stereocenters. The van der Waals surface area contributed by atoms with E-state index in [0.717, 1.165) is 16.8 Å². The van der Waals surface area contributed by atoms with Gasteiger partial charge in [0.2, 0.25) is 5.95 Å². The van der Waals surface area contributed by atoms with Gasteiger partial charge in [-0.25, -0.2) is 4.98 Å². The van der Waals surface area contributed by atoms with E-state index >= 15 is 0 Å². The molecule has 2 aromatic rings. The van der Waals surface area contributed by atoms with Crippen LogP contribution in [0.25, 0.3) is 11.0 Å². The van der Waals surface area contributed by atoms with Crippen LogP contribution in [0.2, 0.25) is 0 Å². The minimum atomic E-state index is -0.798. The number of aryl methyl sites for hydroxylation is 1. The Morgan fingerprint density at radius 2 is 2.28 bits per heavy atom. The van der Waals surface area contributed by atoms with Crippen LogP contribution in [0.4, 0.5) is 5.95 Å². The fourth-order valence-corrected chi connectivity index (χ4v) is 2.50. The lowest BCUT2D eigenvalue weighted by molar-refractivity contribution is 0.415. The highest BCUT2D eigenvalue weighted by atomic mass is 32.2. The molecule has 0 saturated carbocycles. The molecule has 0 amide bonds. The molecule has 0 aliphatic rings. The molecule has 0 saturated heterocycles. The number of hydrogen-bond donors (Lipinski definition) is 1. The molecular weight excluding hydrogens is 250 g/mol. The van der Waals surface area contributed by atoms with E-state index < -0.39 is 10.8 Å². The molecule has 6 heteroatoms. The maximum atomic E-state index is 11.5. The van der Waals surface area contributed by atoms with Crippen molar-refractivity contribution in [1.29, 1.82) is 0 Å². The number of anilines is 1. The highest BCUT2D eigenvalue weighted by molar-refractivity contribution is 7.84. The normalized spacial score (nSPS) is 12.8. The number of aromatic nitrogens is 2. The summed E-state index contributed by atoms with van der Waals surface area (Å²) in [6.45, 7) is 2.53. The van der Waals surface area contributed by atoms with Crippen LogP contribution in [0.3, 0.4) is 0 Å². The summed E-state index contributed by atoms with van der Waals surface area (Å²) in [5.41, 5.74) is 7.63. The molecule has 1 aromatic carbocycles. The zero-order valence-corrected chi connectivity index (χ0v) is 11.4. The number of hydrogen-bond acceptors (Lipinski definition) is 4. The Morgan fingerprint density at radius 1 is 1.50 bits per heavy atom. The highest BCUT2D eigenvalue weighted by Gasteiger charge is 2.09. The van der Waals surface area contributed by atoms with Crippen molar-refractivity contribution < 1.29 is 8.95 Å². The van der Waals surface area contributed by atoms with Gasteiger partial charge in [0.1, 0.15) is 5.75 Å². The largest absolute Gasteiger partial charge is 0.497 e. The molecule has 1 heterocycles. The van der Waals surface area contributed by atoms with Gasteiger partial charge in [-0.1, -0.05) is 6.92 Å². The molecule has 0 fully saturated rings. The molecule has 0 spiro atoms. The van der Waals surface area contributed by atoms with Gasteiger partial charge in [0, 0.05) is 34.9 Å². The summed E-state index contributed by atoms with van der Waals surface area (Å²) in [6.07, 6.45) is 0. The number of nitrogen functional groups attached to an aromatic ring is 1. The molecule has 18 heavy (non-hydrogen) atoms. The minimum Gasteiger partial charge on any atom is -0.497 e. The molecule has 0 bridgehead atoms. The summed E-state index contributed by atoms with van der Waals surface area (Å²) in [4.78, 5) is 4.29. The van der Waals surface area contributed by atoms with Gasteiger partial charge in [-0.15, -0.1) is 0 Å². The average molecular weight is 267 g/mol. The van der Waals surface area contributed by atoms with E-state index in [0.29, 0.717) is 24.0 Å². The summed E-state index contributed by atoms with van der Waals surface area (Å²) in [5, 5.41) is 0. The lowest BCUT2D eigenvalue weighted by Crippen LogP contribution is -2.11. The van der Waals surface area contributed by atoms with Gasteiger partial charge >= 0.3 is 0 Å². The van der Waals surface area contributed by atoms with Gasteiger partial charge < -0.3 is 15.0 Å². The topological polar surface area (TPSA) is 70.1 Å². The molecule has 0 aliphatic heterocycles. The van der Waals surface area contributed by atoms with Gasteiger partial charge in [0.05, 0.1) is 18.1 Å². The summed E-state index contributed by atoms with van der Waals surface area (Å²) < 4.78 is 18.5. The predicted molar refractivity (Wildman–Crippen MR) is 74.2 cm³/mol. The quantitative estimate of drug-likeness (QED) is 0.889. The Morgan fingerprint density at radius 3 is 2.94 bits per heavy atom. The Bertz CT molecular complexity index is 580. The number of nitrogens with zero attached hydrogens (tertiary/aromatic N) is 2. The number of ether oxygens (including phenoxy) is 1. The van der Waals surface area contributed by atoms with Crippen LogP contribution in [0.15, 0.2) is 18.2 Å². The first-order chi connectivity index (χ1) is 8.65. The number of nitrogens with two attached hydrogens (primary N) is 1. The lowest BCUT2D eigenvalue weighted by Gasteiger charge is -2.06. The zero-order chi connectivity index (χ0) is 13.1. The number of benzene rings is 1. The minimum absolute atomic E-state index is 0.450. The van der Waals surface area contributed by atoms with Gasteiger partial charge in [0.15, 0.2) is 0 Å². The Balaban J connectivity index is 2.32. The van der Waals surface area contributed by atoms with E-state index in [1.54, 1.807) is 7.11 Å². The Hall–Kier alpha value is -1.56. The van der Waals surface area contributed by atoms with Crippen molar-refractivity contribution in [1.82, 2.24) is 9.55 Å². The van der Waals surface area contributed by atoms with Crippen molar-refractivity contribution in [3.63, 3.8) is 0 Å². The predicted octanol–water partition coefficient (Wildman–Crippen LogP) is 1.40. The first kappa shape index (κ1) is 12.9. The van der Waals surface area contributed by atoms with Crippen LogP contribution in [0.1, 0.15) is 6.92 Å². The molecule has 2 N–H and O–H groups in total. The van der Waals surface area contributed by atoms with Crippen LogP contribution in [0.5, 0.6) is 5.75 Å². The molecule has 5 nitrogen and oxygen atoms in total. The average Bonchev–Trinajstić information content (AvgIpc) is 2.70. The molecule has 1 unspecified atom stereocenters. The fourth-order valence-electron chi connectivity index (χ4n) is 1.83. The number of rotatable bonds is 5. The second-order valence-corrected chi connectivity index (χ2v) is 5.77. The third-order valence-electron chi connectivity index (χ3n) is 2.85. The van der Waals surface area contributed by atoms with Gasteiger partial charge in [0.25, 0.3) is 0 Å². The van der Waals surface area contributed by atoms with Crippen molar-refractivity contribution in [2.75, 3.05) is 24.3 Å². The summed E-state index contributed by atoms with van der Waals surface area (Å²) in [6, 6.07) is 5.64. The van der Waals surface area contributed by atoms with Crippen molar-refractivity contribution >= 4 is 27.8 Å². The standard InChI is InChI=1S/C12H17N3O2S/c1-3-18(16)7-6-15-11-5-4-9(17-2)8-10(11)14-12(15)13/h4-5,8H,3,6-7H2,1-2H3,(H2,13,14). The molecular formula is C12H17N3O2S. The van der Waals surface area contributed by atoms with Crippen LogP contribution in [0, 0.1) is 0 Å². The zero-order valence-electron chi connectivity index (χ0n) is 10.5. The Labute approximate surface area is 108 Å². The highest BCUT2D eigenvalue weighted by Crippen LogP contribution is 2.22.